The second-order valence-electron chi connectivity index (χ2n) is 14.0. The average molecular weight is 848 g/mol. The van der Waals surface area contributed by atoms with Crippen LogP contribution < -0.4 is 5.32 Å². The molecule has 1 N–H and O–H groups in total. The second kappa shape index (κ2) is 14.3. The topological polar surface area (TPSA) is 73.5 Å². The lowest BCUT2D eigenvalue weighted by Crippen LogP contribution is -2.10. The SMILES string of the molecule is C1=Cc2c(c3ccccc3n2-c2ccc(-c3cccc(-c4cccc(-c5cccc(-c6ccc(-n7c8ccccc8c8cnccc87)cc6)n5)n4)n3)cc2)CN1.I. The van der Waals surface area contributed by atoms with Crippen molar-refractivity contribution in [3.05, 3.63) is 188 Å². The van der Waals surface area contributed by atoms with Crippen LogP contribution >= 0.6 is 24.0 Å². The molecule has 0 bridgehead atoms. The summed E-state index contributed by atoms with van der Waals surface area (Å²) in [6, 6.07) is 54.7. The zero-order chi connectivity index (χ0) is 37.0. The number of pyridine rings is 4. The lowest BCUT2D eigenvalue weighted by Gasteiger charge is -2.13. The maximum absolute atomic E-state index is 5.08. The van der Waals surface area contributed by atoms with Crippen molar-refractivity contribution in [2.75, 3.05) is 0 Å². The Morgan fingerprint density at radius 2 is 0.930 bits per heavy atom. The molecule has 6 aromatic heterocycles. The summed E-state index contributed by atoms with van der Waals surface area (Å²) in [6.07, 6.45) is 7.99. The summed E-state index contributed by atoms with van der Waals surface area (Å²) in [5, 5.41) is 6.98. The van der Waals surface area contributed by atoms with Gasteiger partial charge in [-0.05, 0) is 91.1 Å². The zero-order valence-corrected chi connectivity index (χ0v) is 32.9. The van der Waals surface area contributed by atoms with Crippen LogP contribution in [0.25, 0.3) is 95.5 Å². The Morgan fingerprint density at radius 1 is 0.439 bits per heavy atom. The van der Waals surface area contributed by atoms with E-state index in [2.05, 4.69) is 135 Å². The monoisotopic (exact) mass is 847 g/mol. The third kappa shape index (κ3) is 5.96. The van der Waals surface area contributed by atoms with Crippen LogP contribution in [0.4, 0.5) is 0 Å². The number of aromatic nitrogens is 6. The lowest BCUT2D eigenvalue weighted by atomic mass is 10.1. The maximum atomic E-state index is 5.08. The number of fused-ring (bicyclic) bond motifs is 6. The number of rotatable bonds is 6. The second-order valence-corrected chi connectivity index (χ2v) is 14.0. The number of hydrogen-bond donors (Lipinski definition) is 1. The molecule has 7 nitrogen and oxygen atoms in total. The van der Waals surface area contributed by atoms with E-state index in [4.69, 9.17) is 15.0 Å². The normalized spacial score (nSPS) is 12.1. The minimum absolute atomic E-state index is 0. The molecule has 0 unspecified atom stereocenters. The van der Waals surface area contributed by atoms with Gasteiger partial charge in [-0.15, -0.1) is 24.0 Å². The van der Waals surface area contributed by atoms with E-state index in [1.807, 2.05) is 67.1 Å². The number of para-hydroxylation sites is 2. The predicted octanol–water partition coefficient (Wildman–Crippen LogP) is 11.7. The van der Waals surface area contributed by atoms with Crippen molar-refractivity contribution in [3.63, 3.8) is 0 Å². The first-order chi connectivity index (χ1) is 27.8. The third-order valence-corrected chi connectivity index (χ3v) is 10.7. The molecule has 11 rings (SSSR count). The molecule has 0 amide bonds. The van der Waals surface area contributed by atoms with Crippen molar-refractivity contribution in [3.8, 4) is 56.7 Å². The number of hydrogen-bond acceptors (Lipinski definition) is 5. The van der Waals surface area contributed by atoms with Crippen LogP contribution in [0.1, 0.15) is 11.3 Å². The zero-order valence-electron chi connectivity index (χ0n) is 30.6. The highest BCUT2D eigenvalue weighted by atomic mass is 127. The Kier molecular flexibility index (Phi) is 8.68. The van der Waals surface area contributed by atoms with Gasteiger partial charge in [-0.3, -0.25) is 4.98 Å². The molecule has 0 aliphatic carbocycles. The molecule has 10 aromatic rings. The van der Waals surface area contributed by atoms with Gasteiger partial charge in [0.15, 0.2) is 0 Å². The minimum atomic E-state index is 0. The van der Waals surface area contributed by atoms with Crippen LogP contribution in [0.15, 0.2) is 176 Å². The molecule has 57 heavy (non-hydrogen) atoms. The number of nitrogens with one attached hydrogen (secondary N) is 1. The Hall–Kier alpha value is -6.91. The van der Waals surface area contributed by atoms with Gasteiger partial charge in [-0.2, -0.15) is 0 Å². The van der Waals surface area contributed by atoms with Crippen LogP contribution in [0, 0.1) is 0 Å². The molecular weight excluding hydrogens is 813 g/mol. The van der Waals surface area contributed by atoms with Gasteiger partial charge in [0.2, 0.25) is 0 Å². The van der Waals surface area contributed by atoms with E-state index in [0.717, 1.165) is 79.6 Å². The molecular formula is C49H34IN7. The van der Waals surface area contributed by atoms with Crippen molar-refractivity contribution >= 4 is 62.8 Å². The first kappa shape index (κ1) is 34.6. The summed E-state index contributed by atoms with van der Waals surface area (Å²) in [7, 11) is 0. The van der Waals surface area contributed by atoms with Crippen LogP contribution in [-0.4, -0.2) is 29.1 Å². The van der Waals surface area contributed by atoms with E-state index in [9.17, 15) is 0 Å². The van der Waals surface area contributed by atoms with Gasteiger partial charge in [-0.25, -0.2) is 15.0 Å². The van der Waals surface area contributed by atoms with Gasteiger partial charge < -0.3 is 14.5 Å². The smallest absolute Gasteiger partial charge is 0.0894 e. The van der Waals surface area contributed by atoms with Crippen molar-refractivity contribution in [2.24, 2.45) is 0 Å². The van der Waals surface area contributed by atoms with Crippen LogP contribution in [0.3, 0.4) is 0 Å². The molecule has 7 heterocycles. The molecule has 1 aliphatic heterocycles. The molecule has 272 valence electrons. The summed E-state index contributed by atoms with van der Waals surface area (Å²) in [5.41, 5.74) is 15.3. The molecule has 1 aliphatic rings. The summed E-state index contributed by atoms with van der Waals surface area (Å²) in [6.45, 7) is 0.822. The largest absolute Gasteiger partial charge is 0.387 e. The minimum Gasteiger partial charge on any atom is -0.387 e. The van der Waals surface area contributed by atoms with E-state index in [1.54, 1.807) is 0 Å². The van der Waals surface area contributed by atoms with Crippen molar-refractivity contribution in [1.29, 1.82) is 0 Å². The van der Waals surface area contributed by atoms with Crippen LogP contribution in [-0.2, 0) is 6.54 Å². The highest BCUT2D eigenvalue weighted by Crippen LogP contribution is 2.34. The molecule has 0 atom stereocenters. The molecule has 0 radical (unpaired) electrons. The van der Waals surface area contributed by atoms with Gasteiger partial charge in [0.1, 0.15) is 0 Å². The molecule has 4 aromatic carbocycles. The van der Waals surface area contributed by atoms with E-state index < -0.39 is 0 Å². The fraction of sp³-hybridized carbons (Fsp3) is 0.0204. The van der Waals surface area contributed by atoms with E-state index in [0.29, 0.717) is 0 Å². The summed E-state index contributed by atoms with van der Waals surface area (Å²) in [4.78, 5) is 19.6. The van der Waals surface area contributed by atoms with Gasteiger partial charge in [-0.1, -0.05) is 78.9 Å². The molecule has 0 fully saturated rings. The quantitative estimate of drug-likeness (QED) is 0.169. The van der Waals surface area contributed by atoms with Gasteiger partial charge in [0.05, 0.1) is 56.4 Å². The molecule has 0 saturated carbocycles. The van der Waals surface area contributed by atoms with Gasteiger partial charge in [0, 0.05) is 63.2 Å². The predicted molar refractivity (Wildman–Crippen MR) is 242 cm³/mol. The highest BCUT2D eigenvalue weighted by molar-refractivity contribution is 14.0. The van der Waals surface area contributed by atoms with E-state index >= 15 is 0 Å². The van der Waals surface area contributed by atoms with Gasteiger partial charge in [0.25, 0.3) is 0 Å². The van der Waals surface area contributed by atoms with Crippen molar-refractivity contribution in [1.82, 2.24) is 34.4 Å². The standard InChI is InChI=1S/C49H33N7.HI/c1-3-16-46-36(8-1)38-30-50-28-26-48(38)55(46)34-22-18-32(19-23-34)40-10-5-12-42(52-40)44-14-7-15-45(54-44)43-13-6-11-41(53-43)33-20-24-35(25-21-33)56-47-17-4-2-9-37(47)39-31-51-29-27-49(39)56;/h1-30,51H,31H2;1H. The summed E-state index contributed by atoms with van der Waals surface area (Å²) >= 11 is 0. The number of halogens is 1. The summed E-state index contributed by atoms with van der Waals surface area (Å²) < 4.78 is 4.63. The van der Waals surface area contributed by atoms with Crippen LogP contribution in [0.2, 0.25) is 0 Å². The Morgan fingerprint density at radius 3 is 1.54 bits per heavy atom. The average Bonchev–Trinajstić information content (AvgIpc) is 3.80. The lowest BCUT2D eigenvalue weighted by molar-refractivity contribution is 0.855. The van der Waals surface area contributed by atoms with Crippen molar-refractivity contribution in [2.45, 2.75) is 6.54 Å². The number of nitrogens with zero attached hydrogens (tertiary/aromatic N) is 6. The Labute approximate surface area is 346 Å². The highest BCUT2D eigenvalue weighted by Gasteiger charge is 2.18. The molecule has 8 heteroatoms. The first-order valence-electron chi connectivity index (χ1n) is 18.8. The Balaban J connectivity index is 0.00000396. The fourth-order valence-corrected chi connectivity index (χ4v) is 8.12. The van der Waals surface area contributed by atoms with Crippen LogP contribution in [0.5, 0.6) is 0 Å². The summed E-state index contributed by atoms with van der Waals surface area (Å²) in [5.74, 6) is 0. The van der Waals surface area contributed by atoms with Gasteiger partial charge >= 0.3 is 0 Å². The molecule has 0 saturated heterocycles. The van der Waals surface area contributed by atoms with E-state index in [1.165, 1.54) is 27.5 Å². The maximum Gasteiger partial charge on any atom is 0.0894 e. The molecule has 0 spiro atoms. The number of benzene rings is 4. The fourth-order valence-electron chi connectivity index (χ4n) is 8.12. The first-order valence-corrected chi connectivity index (χ1v) is 18.8. The third-order valence-electron chi connectivity index (χ3n) is 10.7. The van der Waals surface area contributed by atoms with E-state index in [-0.39, 0.29) is 24.0 Å². The van der Waals surface area contributed by atoms with Crippen molar-refractivity contribution < 1.29 is 0 Å². The Bertz CT molecular complexity index is 3090.